The molecule has 0 aliphatic heterocycles. The van der Waals surface area contributed by atoms with Crippen molar-refractivity contribution in [2.45, 2.75) is 77.5 Å². The van der Waals surface area contributed by atoms with Crippen molar-refractivity contribution < 1.29 is 28.6 Å². The first-order valence-electron chi connectivity index (χ1n) is 11.1. The Morgan fingerprint density at radius 3 is 2.25 bits per heavy atom. The summed E-state index contributed by atoms with van der Waals surface area (Å²) in [5.41, 5.74) is 1.62. The summed E-state index contributed by atoms with van der Waals surface area (Å²) in [5.74, 6) is -0.268. The van der Waals surface area contributed by atoms with Crippen molar-refractivity contribution in [3.05, 3.63) is 35.4 Å². The quantitative estimate of drug-likeness (QED) is 0.352. The summed E-state index contributed by atoms with van der Waals surface area (Å²) in [6.45, 7) is 6.06. The first kappa shape index (κ1) is 27.4. The molecule has 1 aromatic carbocycles. The Balaban J connectivity index is 2.47. The van der Waals surface area contributed by atoms with E-state index in [-0.39, 0.29) is 30.9 Å². The van der Waals surface area contributed by atoms with Gasteiger partial charge in [-0.2, -0.15) is 0 Å². The predicted octanol–water partition coefficient (Wildman–Crippen LogP) is 3.51. The van der Waals surface area contributed by atoms with Crippen LogP contribution in [0.5, 0.6) is 0 Å². The highest BCUT2D eigenvalue weighted by Crippen LogP contribution is 2.12. The number of benzene rings is 1. The molecular formula is C24H38N2O6. The number of methoxy groups -OCH3 is 1. The van der Waals surface area contributed by atoms with Crippen molar-refractivity contribution in [3.63, 3.8) is 0 Å². The van der Waals surface area contributed by atoms with Gasteiger partial charge in [0.25, 0.3) is 0 Å². The highest BCUT2D eigenvalue weighted by molar-refractivity contribution is 5.75. The average molecular weight is 451 g/mol. The third-order valence-corrected chi connectivity index (χ3v) is 4.65. The molecule has 1 unspecified atom stereocenters. The number of hydrogen-bond acceptors (Lipinski definition) is 6. The van der Waals surface area contributed by atoms with Crippen LogP contribution < -0.4 is 10.6 Å². The smallest absolute Gasteiger partial charge is 0.407 e. The Hall–Kier alpha value is -2.61. The number of rotatable bonds is 13. The molecule has 1 aromatic rings. The predicted molar refractivity (Wildman–Crippen MR) is 122 cm³/mol. The van der Waals surface area contributed by atoms with Crippen LogP contribution in [0.25, 0.3) is 0 Å². The summed E-state index contributed by atoms with van der Waals surface area (Å²) in [7, 11) is 2.98. The number of alkyl carbamates (subject to hydrolysis) is 1. The molecule has 180 valence electrons. The third-order valence-electron chi connectivity index (χ3n) is 4.65. The number of unbranched alkanes of at least 4 members (excludes halogenated alkanes) is 1. The molecule has 1 rings (SSSR count). The fourth-order valence-electron chi connectivity index (χ4n) is 2.92. The number of carbonyl (C=O) groups is 3. The normalized spacial score (nSPS) is 12.0. The SMILES string of the molecule is CNC(=O)CCC(COCc1ccc(CCCCC(=O)OC)cc1)NC(=O)OC(C)(C)C. The maximum absolute atomic E-state index is 12.1. The van der Waals surface area contributed by atoms with Gasteiger partial charge in [-0.05, 0) is 57.6 Å². The maximum Gasteiger partial charge on any atom is 0.407 e. The van der Waals surface area contributed by atoms with Gasteiger partial charge in [0, 0.05) is 19.9 Å². The summed E-state index contributed by atoms with van der Waals surface area (Å²) in [6.07, 6.45) is 3.28. The third kappa shape index (κ3) is 12.9. The van der Waals surface area contributed by atoms with E-state index in [1.54, 1.807) is 27.8 Å². The molecule has 0 radical (unpaired) electrons. The topological polar surface area (TPSA) is 103 Å². The van der Waals surface area contributed by atoms with Crippen LogP contribution in [0.3, 0.4) is 0 Å². The van der Waals surface area contributed by atoms with Crippen LogP contribution in [0.15, 0.2) is 24.3 Å². The minimum absolute atomic E-state index is 0.0943. The van der Waals surface area contributed by atoms with E-state index >= 15 is 0 Å². The molecule has 0 bridgehead atoms. The second-order valence-corrected chi connectivity index (χ2v) is 8.67. The second-order valence-electron chi connectivity index (χ2n) is 8.67. The molecule has 0 spiro atoms. The maximum atomic E-state index is 12.1. The van der Waals surface area contributed by atoms with Gasteiger partial charge in [-0.15, -0.1) is 0 Å². The van der Waals surface area contributed by atoms with E-state index in [9.17, 15) is 14.4 Å². The molecular weight excluding hydrogens is 412 g/mol. The van der Waals surface area contributed by atoms with Gasteiger partial charge in [-0.1, -0.05) is 24.3 Å². The molecule has 1 atom stereocenters. The Morgan fingerprint density at radius 1 is 1.00 bits per heavy atom. The minimum Gasteiger partial charge on any atom is -0.469 e. The van der Waals surface area contributed by atoms with Gasteiger partial charge >= 0.3 is 12.1 Å². The molecule has 0 aliphatic rings. The van der Waals surface area contributed by atoms with Crippen LogP contribution in [0.1, 0.15) is 64.0 Å². The number of hydrogen-bond donors (Lipinski definition) is 2. The standard InChI is InChI=1S/C24H38N2O6/c1-24(2,3)32-23(29)26-20(14-15-21(27)25-4)17-31-16-19-12-10-18(11-13-19)8-6-7-9-22(28)30-5/h10-13,20H,6-9,14-17H2,1-5H3,(H,25,27)(H,26,29). The Kier molecular flexibility index (Phi) is 12.4. The van der Waals surface area contributed by atoms with Gasteiger partial charge in [-0.3, -0.25) is 9.59 Å². The monoisotopic (exact) mass is 450 g/mol. The molecule has 0 saturated carbocycles. The van der Waals surface area contributed by atoms with E-state index in [0.29, 0.717) is 19.4 Å². The zero-order valence-electron chi connectivity index (χ0n) is 20.0. The van der Waals surface area contributed by atoms with Gasteiger partial charge < -0.3 is 24.8 Å². The number of carbonyl (C=O) groups excluding carboxylic acids is 3. The largest absolute Gasteiger partial charge is 0.469 e. The molecule has 0 fully saturated rings. The summed E-state index contributed by atoms with van der Waals surface area (Å²) >= 11 is 0. The Labute approximate surface area is 191 Å². The first-order chi connectivity index (χ1) is 15.1. The van der Waals surface area contributed by atoms with Crippen LogP contribution in [0, 0.1) is 0 Å². The summed E-state index contributed by atoms with van der Waals surface area (Å²) in [4.78, 5) is 34.8. The average Bonchev–Trinajstić information content (AvgIpc) is 2.74. The molecule has 8 nitrogen and oxygen atoms in total. The highest BCUT2D eigenvalue weighted by Gasteiger charge is 2.20. The number of esters is 1. The van der Waals surface area contributed by atoms with Crippen LogP contribution in [0.4, 0.5) is 4.79 Å². The van der Waals surface area contributed by atoms with Crippen LogP contribution in [0.2, 0.25) is 0 Å². The fourth-order valence-corrected chi connectivity index (χ4v) is 2.92. The van der Waals surface area contributed by atoms with Gasteiger partial charge in [0.1, 0.15) is 5.60 Å². The van der Waals surface area contributed by atoms with Crippen LogP contribution in [-0.2, 0) is 36.8 Å². The van der Waals surface area contributed by atoms with Crippen molar-refractivity contribution in [2.24, 2.45) is 0 Å². The molecule has 0 saturated heterocycles. The molecule has 0 aromatic heterocycles. The number of nitrogens with one attached hydrogen (secondary N) is 2. The van der Waals surface area contributed by atoms with Gasteiger partial charge in [-0.25, -0.2) is 4.79 Å². The van der Waals surface area contributed by atoms with Crippen molar-refractivity contribution in [1.29, 1.82) is 0 Å². The van der Waals surface area contributed by atoms with Crippen LogP contribution in [-0.4, -0.2) is 50.4 Å². The van der Waals surface area contributed by atoms with Gasteiger partial charge in [0.15, 0.2) is 0 Å². The lowest BCUT2D eigenvalue weighted by Gasteiger charge is -2.23. The number of amides is 2. The van der Waals surface area contributed by atoms with Crippen molar-refractivity contribution in [1.82, 2.24) is 10.6 Å². The lowest BCUT2D eigenvalue weighted by Crippen LogP contribution is -2.42. The van der Waals surface area contributed by atoms with Crippen molar-refractivity contribution in [3.8, 4) is 0 Å². The highest BCUT2D eigenvalue weighted by atomic mass is 16.6. The number of ether oxygens (including phenoxy) is 3. The summed E-state index contributed by atoms with van der Waals surface area (Å²) in [5, 5.41) is 5.37. The molecule has 2 N–H and O–H groups in total. The number of aryl methyl sites for hydroxylation is 1. The minimum atomic E-state index is -0.600. The fraction of sp³-hybridized carbons (Fsp3) is 0.625. The zero-order valence-corrected chi connectivity index (χ0v) is 20.0. The summed E-state index contributed by atoms with van der Waals surface area (Å²) < 4.78 is 15.8. The van der Waals surface area contributed by atoms with Crippen LogP contribution >= 0.6 is 0 Å². The lowest BCUT2D eigenvalue weighted by atomic mass is 10.1. The van der Waals surface area contributed by atoms with Crippen molar-refractivity contribution >= 4 is 18.0 Å². The van der Waals surface area contributed by atoms with E-state index in [4.69, 9.17) is 9.47 Å². The van der Waals surface area contributed by atoms with E-state index in [2.05, 4.69) is 27.5 Å². The Morgan fingerprint density at radius 2 is 1.66 bits per heavy atom. The lowest BCUT2D eigenvalue weighted by molar-refractivity contribution is -0.140. The molecule has 32 heavy (non-hydrogen) atoms. The van der Waals surface area contributed by atoms with Gasteiger partial charge in [0.05, 0.1) is 26.4 Å². The molecule has 0 aliphatic carbocycles. The second kappa shape index (κ2) is 14.5. The van der Waals surface area contributed by atoms with E-state index in [1.165, 1.54) is 12.7 Å². The van der Waals surface area contributed by atoms with Gasteiger partial charge in [0.2, 0.25) is 5.91 Å². The molecule has 8 heteroatoms. The van der Waals surface area contributed by atoms with Crippen molar-refractivity contribution in [2.75, 3.05) is 20.8 Å². The van der Waals surface area contributed by atoms with E-state index in [1.807, 2.05) is 12.1 Å². The van der Waals surface area contributed by atoms with E-state index < -0.39 is 11.7 Å². The molecule has 0 heterocycles. The first-order valence-corrected chi connectivity index (χ1v) is 11.1. The molecule has 2 amide bonds. The zero-order chi connectivity index (χ0) is 24.0. The van der Waals surface area contributed by atoms with E-state index in [0.717, 1.165) is 24.8 Å². The Bertz CT molecular complexity index is 712. The summed E-state index contributed by atoms with van der Waals surface area (Å²) in [6, 6.07) is 7.79.